The third kappa shape index (κ3) is 5.27. The van der Waals surface area contributed by atoms with Crippen LogP contribution in [0.5, 0.6) is 5.88 Å². The molecule has 3 heterocycles. The molecule has 0 aliphatic heterocycles. The molecule has 1 amide bonds. The second-order valence-electron chi connectivity index (χ2n) is 7.21. The third-order valence-electron chi connectivity index (χ3n) is 4.87. The molecule has 3 aromatic rings. The number of amides is 1. The number of carbonyl (C=O) groups is 1. The van der Waals surface area contributed by atoms with Crippen molar-refractivity contribution in [1.29, 1.82) is 0 Å². The van der Waals surface area contributed by atoms with Crippen molar-refractivity contribution in [3.8, 4) is 11.7 Å². The number of ether oxygens (including phenoxy) is 1. The molecule has 10 nitrogen and oxygen atoms in total. The lowest BCUT2D eigenvalue weighted by molar-refractivity contribution is -0.190. The van der Waals surface area contributed by atoms with Gasteiger partial charge < -0.3 is 15.2 Å². The van der Waals surface area contributed by atoms with Gasteiger partial charge in [0.05, 0.1) is 5.69 Å². The summed E-state index contributed by atoms with van der Waals surface area (Å²) in [4.78, 5) is 33.0. The van der Waals surface area contributed by atoms with Gasteiger partial charge in [0.15, 0.2) is 28.7 Å². The van der Waals surface area contributed by atoms with Gasteiger partial charge in [0.2, 0.25) is 5.88 Å². The molecule has 15 heteroatoms. The molecule has 0 aliphatic rings. The standard InChI is InChI=1S/C20H19ClF4N6O4/c1-4-30-13(8-32)29-31(19(30)34)16-12(22)7-11(18(28-16)35-10(3)20(23,24)25)17(33)27-14-9(2)5-6-26-15(14)21/h5-7,10,32H,4,8H2,1-3H3,(H,27,33). The molecular formula is C20H19ClF4N6O4. The Balaban J connectivity index is 2.16. The summed E-state index contributed by atoms with van der Waals surface area (Å²) in [6.45, 7) is 3.21. The smallest absolute Gasteiger partial charge is 0.425 e. The van der Waals surface area contributed by atoms with Crippen LogP contribution in [0.1, 0.15) is 35.6 Å². The van der Waals surface area contributed by atoms with E-state index in [4.69, 9.17) is 16.3 Å². The van der Waals surface area contributed by atoms with Crippen LogP contribution in [0.4, 0.5) is 23.2 Å². The number of alkyl halides is 3. The van der Waals surface area contributed by atoms with E-state index in [9.17, 15) is 27.9 Å². The Bertz CT molecular complexity index is 1300. The zero-order valence-electron chi connectivity index (χ0n) is 18.5. The summed E-state index contributed by atoms with van der Waals surface area (Å²) in [7, 11) is 0. The Morgan fingerprint density at radius 1 is 1.37 bits per heavy atom. The molecule has 1 atom stereocenters. The van der Waals surface area contributed by atoms with E-state index >= 15 is 4.39 Å². The first-order valence-corrected chi connectivity index (χ1v) is 10.4. The molecule has 0 spiro atoms. The van der Waals surface area contributed by atoms with Crippen LogP contribution in [-0.4, -0.2) is 47.6 Å². The number of nitrogens with zero attached hydrogens (tertiary/aromatic N) is 5. The fourth-order valence-corrected chi connectivity index (χ4v) is 3.22. The molecular weight excluding hydrogens is 500 g/mol. The van der Waals surface area contributed by atoms with Crippen LogP contribution in [0.3, 0.4) is 0 Å². The molecule has 3 rings (SSSR count). The molecule has 0 fully saturated rings. The average Bonchev–Trinajstić information content (AvgIpc) is 3.11. The maximum absolute atomic E-state index is 15.0. The molecule has 0 saturated heterocycles. The summed E-state index contributed by atoms with van der Waals surface area (Å²) >= 11 is 5.98. The van der Waals surface area contributed by atoms with Crippen LogP contribution in [0, 0.1) is 12.7 Å². The largest absolute Gasteiger partial charge is 0.464 e. The highest BCUT2D eigenvalue weighted by Gasteiger charge is 2.39. The van der Waals surface area contributed by atoms with E-state index in [0.29, 0.717) is 23.2 Å². The fraction of sp³-hybridized carbons (Fsp3) is 0.350. The number of aromatic nitrogens is 5. The number of pyridine rings is 2. The molecule has 0 aliphatic carbocycles. The predicted molar refractivity (Wildman–Crippen MR) is 115 cm³/mol. The van der Waals surface area contributed by atoms with Crippen molar-refractivity contribution in [1.82, 2.24) is 24.3 Å². The lowest BCUT2D eigenvalue weighted by Crippen LogP contribution is -2.33. The highest BCUT2D eigenvalue weighted by Crippen LogP contribution is 2.30. The highest BCUT2D eigenvalue weighted by atomic mass is 35.5. The maximum Gasteiger partial charge on any atom is 0.425 e. The van der Waals surface area contributed by atoms with Crippen molar-refractivity contribution in [3.63, 3.8) is 0 Å². The first-order valence-electron chi connectivity index (χ1n) is 10.0. The highest BCUT2D eigenvalue weighted by molar-refractivity contribution is 6.32. The molecule has 1 unspecified atom stereocenters. The van der Waals surface area contributed by atoms with Crippen molar-refractivity contribution in [2.45, 2.75) is 46.2 Å². The lowest BCUT2D eigenvalue weighted by Gasteiger charge is -2.19. The van der Waals surface area contributed by atoms with Gasteiger partial charge in [0, 0.05) is 12.7 Å². The average molecular weight is 519 g/mol. The van der Waals surface area contributed by atoms with Crippen molar-refractivity contribution in [3.05, 3.63) is 56.7 Å². The zero-order chi connectivity index (χ0) is 26.1. The minimum absolute atomic E-state index is 0.0453. The van der Waals surface area contributed by atoms with Crippen molar-refractivity contribution in [2.24, 2.45) is 0 Å². The van der Waals surface area contributed by atoms with Crippen molar-refractivity contribution >= 4 is 23.2 Å². The topological polar surface area (TPSA) is 124 Å². The summed E-state index contributed by atoms with van der Waals surface area (Å²) in [6, 6.07) is 2.08. The number of hydrogen-bond donors (Lipinski definition) is 2. The number of carbonyl (C=O) groups excluding carboxylic acids is 1. The van der Waals surface area contributed by atoms with Gasteiger partial charge in [0.1, 0.15) is 12.2 Å². The van der Waals surface area contributed by atoms with E-state index in [-0.39, 0.29) is 23.2 Å². The molecule has 35 heavy (non-hydrogen) atoms. The number of anilines is 1. The van der Waals surface area contributed by atoms with Crippen LogP contribution in [0.15, 0.2) is 23.1 Å². The van der Waals surface area contributed by atoms with Gasteiger partial charge in [-0.1, -0.05) is 11.6 Å². The molecule has 2 N–H and O–H groups in total. The van der Waals surface area contributed by atoms with E-state index in [1.54, 1.807) is 13.8 Å². The van der Waals surface area contributed by atoms with Gasteiger partial charge >= 0.3 is 11.9 Å². The van der Waals surface area contributed by atoms with E-state index in [0.717, 1.165) is 4.57 Å². The van der Waals surface area contributed by atoms with Gasteiger partial charge in [-0.2, -0.15) is 22.8 Å². The Labute approximate surface area is 200 Å². The Morgan fingerprint density at radius 3 is 2.60 bits per heavy atom. The van der Waals surface area contributed by atoms with E-state index in [2.05, 4.69) is 20.4 Å². The van der Waals surface area contributed by atoms with Crippen molar-refractivity contribution < 1.29 is 32.2 Å². The number of rotatable bonds is 7. The van der Waals surface area contributed by atoms with Gasteiger partial charge in [-0.3, -0.25) is 9.36 Å². The van der Waals surface area contributed by atoms with Crippen LogP contribution in [0.25, 0.3) is 5.82 Å². The molecule has 0 aromatic carbocycles. The lowest BCUT2D eigenvalue weighted by atomic mass is 10.2. The molecule has 3 aromatic heterocycles. The number of aliphatic hydroxyl groups is 1. The summed E-state index contributed by atoms with van der Waals surface area (Å²) in [6.07, 6.45) is -5.92. The SMILES string of the molecule is CCn1c(CO)nn(-c2nc(OC(C)C(F)(F)F)c(C(=O)Nc3c(C)ccnc3Cl)cc2F)c1=O. The first kappa shape index (κ1) is 26.1. The van der Waals surface area contributed by atoms with Crippen LogP contribution >= 0.6 is 11.6 Å². The summed E-state index contributed by atoms with van der Waals surface area (Å²) < 4.78 is 60.9. The Morgan fingerprint density at radius 2 is 2.06 bits per heavy atom. The van der Waals surface area contributed by atoms with Crippen LogP contribution in [-0.2, 0) is 13.2 Å². The second kappa shape index (κ2) is 10.00. The summed E-state index contributed by atoms with van der Waals surface area (Å²) in [5, 5.41) is 15.4. The Hall–Kier alpha value is -3.52. The number of aliphatic hydroxyl groups excluding tert-OH is 1. The molecule has 0 radical (unpaired) electrons. The molecule has 188 valence electrons. The monoisotopic (exact) mass is 518 g/mol. The Kier molecular flexibility index (Phi) is 7.45. The van der Waals surface area contributed by atoms with E-state index in [1.165, 1.54) is 12.3 Å². The van der Waals surface area contributed by atoms with Crippen LogP contribution < -0.4 is 15.7 Å². The minimum atomic E-state index is -4.85. The maximum atomic E-state index is 15.0. The fourth-order valence-electron chi connectivity index (χ4n) is 2.96. The van der Waals surface area contributed by atoms with Gasteiger partial charge in [-0.15, -0.1) is 5.10 Å². The summed E-state index contributed by atoms with van der Waals surface area (Å²) in [5.74, 6) is -4.22. The predicted octanol–water partition coefficient (Wildman–Crippen LogP) is 3.02. The molecule has 0 bridgehead atoms. The number of nitrogens with one attached hydrogen (secondary N) is 1. The number of halogens is 5. The second-order valence-corrected chi connectivity index (χ2v) is 7.57. The number of hydrogen-bond acceptors (Lipinski definition) is 7. The van der Waals surface area contributed by atoms with Crippen LogP contribution in [0.2, 0.25) is 5.15 Å². The first-order chi connectivity index (χ1) is 16.4. The minimum Gasteiger partial charge on any atom is -0.464 e. The molecule has 0 saturated carbocycles. The van der Waals surface area contributed by atoms with Gasteiger partial charge in [0.25, 0.3) is 5.91 Å². The summed E-state index contributed by atoms with van der Waals surface area (Å²) in [5.41, 5.74) is -1.09. The zero-order valence-corrected chi connectivity index (χ0v) is 19.3. The third-order valence-corrected chi connectivity index (χ3v) is 5.15. The van der Waals surface area contributed by atoms with E-state index < -0.39 is 53.6 Å². The quantitative estimate of drug-likeness (QED) is 0.364. The van der Waals surface area contributed by atoms with E-state index in [1.807, 2.05) is 0 Å². The van der Waals surface area contributed by atoms with Gasteiger partial charge in [-0.05, 0) is 38.5 Å². The van der Waals surface area contributed by atoms with Gasteiger partial charge in [-0.25, -0.2) is 14.2 Å². The van der Waals surface area contributed by atoms with Crippen molar-refractivity contribution in [2.75, 3.05) is 5.32 Å². The number of aryl methyl sites for hydroxylation is 1. The normalized spacial score (nSPS) is 12.5.